The molecule has 1 amide bonds. The number of para-hydroxylation sites is 1. The van der Waals surface area contributed by atoms with Gasteiger partial charge in [0, 0.05) is 24.7 Å². The number of likely N-dealkylation sites (tertiary alicyclic amines) is 1. The van der Waals surface area contributed by atoms with E-state index >= 15 is 0 Å². The summed E-state index contributed by atoms with van der Waals surface area (Å²) in [6, 6.07) is 9.53. The number of nitrogens with zero attached hydrogens (tertiary/aromatic N) is 2. The van der Waals surface area contributed by atoms with Gasteiger partial charge in [0.2, 0.25) is 0 Å². The molecule has 1 N–H and O–H groups in total. The maximum Gasteiger partial charge on any atom is 0.407 e. The number of piperidine rings is 1. The first-order chi connectivity index (χ1) is 11.6. The molecule has 0 spiro atoms. The highest BCUT2D eigenvalue weighted by molar-refractivity contribution is 5.92. The van der Waals surface area contributed by atoms with E-state index in [0.29, 0.717) is 32.5 Å². The molecule has 2 aromatic rings. The van der Waals surface area contributed by atoms with Gasteiger partial charge < -0.3 is 14.7 Å². The van der Waals surface area contributed by atoms with E-state index < -0.39 is 11.5 Å². The van der Waals surface area contributed by atoms with Gasteiger partial charge in [0.25, 0.3) is 0 Å². The van der Waals surface area contributed by atoms with Gasteiger partial charge in [0.05, 0.1) is 17.5 Å². The molecule has 1 saturated heterocycles. The molecule has 0 aliphatic carbocycles. The Balaban J connectivity index is 2.08. The second kappa shape index (κ2) is 6.47. The second-order valence-electron chi connectivity index (χ2n) is 5.95. The largest absolute Gasteiger partial charge is 0.465 e. The van der Waals surface area contributed by atoms with Crippen LogP contribution >= 0.6 is 0 Å². The zero-order chi connectivity index (χ0) is 17.2. The number of hydrogen-bond donors (Lipinski definition) is 1. The molecule has 126 valence electrons. The Bertz CT molecular complexity index is 761. The Morgan fingerprint density at radius 2 is 1.96 bits per heavy atom. The van der Waals surface area contributed by atoms with Gasteiger partial charge in [-0.15, -0.1) is 0 Å². The van der Waals surface area contributed by atoms with E-state index in [1.165, 1.54) is 4.90 Å². The molecule has 24 heavy (non-hydrogen) atoms. The monoisotopic (exact) mass is 328 g/mol. The Labute approximate surface area is 140 Å². The minimum absolute atomic E-state index is 0.286. The minimum atomic E-state index is -0.952. The number of hydrogen-bond acceptors (Lipinski definition) is 4. The van der Waals surface area contributed by atoms with Crippen LogP contribution in [0.2, 0.25) is 0 Å². The number of aromatic nitrogens is 1. The maximum absolute atomic E-state index is 12.8. The summed E-state index contributed by atoms with van der Waals surface area (Å²) in [5, 5.41) is 10.1. The van der Waals surface area contributed by atoms with Gasteiger partial charge in [-0.05, 0) is 37.5 Å². The normalized spacial score (nSPS) is 16.8. The number of carboxylic acid groups (broad SMARTS) is 1. The number of pyridine rings is 1. The highest BCUT2D eigenvalue weighted by Crippen LogP contribution is 2.40. The molecular formula is C18H20N2O4. The van der Waals surface area contributed by atoms with Crippen molar-refractivity contribution in [1.82, 2.24) is 9.88 Å². The minimum Gasteiger partial charge on any atom is -0.465 e. The first kappa shape index (κ1) is 16.2. The zero-order valence-corrected chi connectivity index (χ0v) is 13.6. The third-order valence-corrected chi connectivity index (χ3v) is 4.72. The molecule has 1 aromatic heterocycles. The quantitative estimate of drug-likeness (QED) is 0.876. The Morgan fingerprint density at radius 1 is 1.25 bits per heavy atom. The SMILES string of the molecule is CCOC(=O)C1(c2ccnc3ccccc23)CCN(C(=O)O)CC1. The van der Waals surface area contributed by atoms with E-state index in [1.807, 2.05) is 30.3 Å². The standard InChI is InChI=1S/C18H20N2O4/c1-2-24-16(21)18(8-11-20(12-9-18)17(22)23)14-7-10-19-15-6-4-3-5-13(14)15/h3-7,10H,2,8-9,11-12H2,1H3,(H,22,23). The van der Waals surface area contributed by atoms with E-state index in [1.54, 1.807) is 13.1 Å². The first-order valence-corrected chi connectivity index (χ1v) is 8.08. The summed E-state index contributed by atoms with van der Waals surface area (Å²) in [5.74, 6) is -0.286. The average Bonchev–Trinajstić information content (AvgIpc) is 2.61. The fourth-order valence-electron chi connectivity index (χ4n) is 3.45. The average molecular weight is 328 g/mol. The molecule has 0 bridgehead atoms. The van der Waals surface area contributed by atoms with Crippen molar-refractivity contribution in [3.8, 4) is 0 Å². The van der Waals surface area contributed by atoms with Crippen molar-refractivity contribution < 1.29 is 19.4 Å². The maximum atomic E-state index is 12.8. The smallest absolute Gasteiger partial charge is 0.407 e. The number of amides is 1. The van der Waals surface area contributed by atoms with Gasteiger partial charge in [0.1, 0.15) is 0 Å². The van der Waals surface area contributed by atoms with Crippen molar-refractivity contribution >= 4 is 23.0 Å². The fraction of sp³-hybridized carbons (Fsp3) is 0.389. The van der Waals surface area contributed by atoms with Gasteiger partial charge in [0.15, 0.2) is 0 Å². The summed E-state index contributed by atoms with van der Waals surface area (Å²) >= 11 is 0. The van der Waals surface area contributed by atoms with Crippen molar-refractivity contribution in [2.45, 2.75) is 25.2 Å². The highest BCUT2D eigenvalue weighted by atomic mass is 16.5. The van der Waals surface area contributed by atoms with Crippen LogP contribution < -0.4 is 0 Å². The van der Waals surface area contributed by atoms with Crippen molar-refractivity contribution in [2.24, 2.45) is 0 Å². The molecule has 0 atom stereocenters. The van der Waals surface area contributed by atoms with E-state index in [9.17, 15) is 14.7 Å². The summed E-state index contributed by atoms with van der Waals surface area (Å²) in [6.45, 7) is 2.70. The third-order valence-electron chi connectivity index (χ3n) is 4.72. The topological polar surface area (TPSA) is 79.7 Å². The van der Waals surface area contributed by atoms with Crippen molar-refractivity contribution in [3.05, 3.63) is 42.1 Å². The molecule has 6 nitrogen and oxygen atoms in total. The molecule has 0 saturated carbocycles. The lowest BCUT2D eigenvalue weighted by Gasteiger charge is -2.39. The summed E-state index contributed by atoms with van der Waals surface area (Å²) in [6.07, 6.45) is 1.56. The molecule has 0 radical (unpaired) electrons. The van der Waals surface area contributed by atoms with Gasteiger partial charge in [-0.3, -0.25) is 9.78 Å². The lowest BCUT2D eigenvalue weighted by Crippen LogP contribution is -2.49. The number of esters is 1. The number of rotatable bonds is 3. The Hall–Kier alpha value is -2.63. The molecular weight excluding hydrogens is 308 g/mol. The molecule has 1 fully saturated rings. The lowest BCUT2D eigenvalue weighted by molar-refractivity contribution is -0.152. The van der Waals surface area contributed by atoms with Crippen LogP contribution in [0.3, 0.4) is 0 Å². The summed E-state index contributed by atoms with van der Waals surface area (Å²) in [7, 11) is 0. The fourth-order valence-corrected chi connectivity index (χ4v) is 3.45. The van der Waals surface area contributed by atoms with Crippen LogP contribution in [-0.2, 0) is 14.9 Å². The predicted molar refractivity (Wildman–Crippen MR) is 88.9 cm³/mol. The molecule has 3 rings (SSSR count). The summed E-state index contributed by atoms with van der Waals surface area (Å²) in [4.78, 5) is 29.7. The van der Waals surface area contributed by atoms with Crippen molar-refractivity contribution in [3.63, 3.8) is 0 Å². The van der Waals surface area contributed by atoms with E-state index in [0.717, 1.165) is 16.5 Å². The number of fused-ring (bicyclic) bond motifs is 1. The van der Waals surface area contributed by atoms with Crippen LogP contribution in [0.5, 0.6) is 0 Å². The molecule has 1 aliphatic heterocycles. The van der Waals surface area contributed by atoms with Crippen LogP contribution in [-0.4, -0.2) is 46.7 Å². The van der Waals surface area contributed by atoms with Gasteiger partial charge in [-0.1, -0.05) is 18.2 Å². The van der Waals surface area contributed by atoms with Gasteiger partial charge in [-0.2, -0.15) is 0 Å². The van der Waals surface area contributed by atoms with Crippen LogP contribution in [0.1, 0.15) is 25.3 Å². The van der Waals surface area contributed by atoms with E-state index in [4.69, 9.17) is 4.74 Å². The number of carbonyl (C=O) groups excluding carboxylic acids is 1. The Morgan fingerprint density at radius 3 is 2.62 bits per heavy atom. The number of ether oxygens (including phenoxy) is 1. The summed E-state index contributed by atoms with van der Waals surface area (Å²) < 4.78 is 5.36. The number of benzene rings is 1. The van der Waals surface area contributed by atoms with E-state index in [-0.39, 0.29) is 5.97 Å². The van der Waals surface area contributed by atoms with Gasteiger partial charge >= 0.3 is 12.1 Å². The lowest BCUT2D eigenvalue weighted by atomic mass is 9.71. The highest BCUT2D eigenvalue weighted by Gasteiger charge is 2.46. The van der Waals surface area contributed by atoms with Crippen molar-refractivity contribution in [1.29, 1.82) is 0 Å². The Kier molecular flexibility index (Phi) is 4.38. The van der Waals surface area contributed by atoms with Crippen LogP contribution in [0.25, 0.3) is 10.9 Å². The van der Waals surface area contributed by atoms with Crippen LogP contribution in [0.15, 0.2) is 36.5 Å². The van der Waals surface area contributed by atoms with Crippen LogP contribution in [0, 0.1) is 0 Å². The zero-order valence-electron chi connectivity index (χ0n) is 13.6. The molecule has 2 heterocycles. The van der Waals surface area contributed by atoms with E-state index in [2.05, 4.69) is 4.98 Å². The predicted octanol–water partition coefficient (Wildman–Crippen LogP) is 2.81. The summed E-state index contributed by atoms with van der Waals surface area (Å²) in [5.41, 5.74) is 0.862. The molecule has 1 aromatic carbocycles. The molecule has 0 unspecified atom stereocenters. The van der Waals surface area contributed by atoms with Crippen LogP contribution in [0.4, 0.5) is 4.79 Å². The second-order valence-corrected chi connectivity index (χ2v) is 5.95. The van der Waals surface area contributed by atoms with Crippen molar-refractivity contribution in [2.75, 3.05) is 19.7 Å². The molecule has 1 aliphatic rings. The third kappa shape index (κ3) is 2.68. The first-order valence-electron chi connectivity index (χ1n) is 8.08. The number of carbonyl (C=O) groups is 2. The molecule has 6 heteroatoms. The van der Waals surface area contributed by atoms with Gasteiger partial charge in [-0.25, -0.2) is 4.79 Å².